The highest BCUT2D eigenvalue weighted by molar-refractivity contribution is 7.89. The largest absolute Gasteiger partial charge is 0.459 e. The Morgan fingerprint density at radius 2 is 1.67 bits per heavy atom. The Kier molecular flexibility index (Phi) is 6.51. The molecule has 0 aliphatic carbocycles. The SMILES string of the molecule is CC(C)(C)OC(=O)N1CCC(OC(=O)c2ccc(CS(C)(=O)=O)cc2)CC1. The first-order valence-electron chi connectivity index (χ1n) is 8.88. The number of piperidine rings is 1. The van der Waals surface area contributed by atoms with Crippen LogP contribution in [-0.4, -0.2) is 56.4 Å². The van der Waals surface area contributed by atoms with Gasteiger partial charge in [0, 0.05) is 32.2 Å². The molecular weight excluding hydrogens is 370 g/mol. The molecule has 1 aromatic rings. The molecule has 0 atom stereocenters. The minimum Gasteiger partial charge on any atom is -0.459 e. The Hall–Kier alpha value is -2.09. The summed E-state index contributed by atoms with van der Waals surface area (Å²) in [5, 5.41) is 0. The fraction of sp³-hybridized carbons (Fsp3) is 0.579. The number of nitrogens with zero attached hydrogens (tertiary/aromatic N) is 1. The van der Waals surface area contributed by atoms with E-state index in [1.807, 2.05) is 20.8 Å². The van der Waals surface area contributed by atoms with Gasteiger partial charge >= 0.3 is 12.1 Å². The van der Waals surface area contributed by atoms with Gasteiger partial charge in [0.1, 0.15) is 11.7 Å². The molecule has 0 unspecified atom stereocenters. The van der Waals surface area contributed by atoms with Gasteiger partial charge in [-0.15, -0.1) is 0 Å². The van der Waals surface area contributed by atoms with Crippen LogP contribution in [0.2, 0.25) is 0 Å². The number of carbonyl (C=O) groups excluding carboxylic acids is 2. The van der Waals surface area contributed by atoms with Crippen molar-refractivity contribution in [2.75, 3.05) is 19.3 Å². The highest BCUT2D eigenvalue weighted by Gasteiger charge is 2.28. The minimum absolute atomic E-state index is 0.0640. The molecule has 0 aromatic heterocycles. The zero-order chi connectivity index (χ0) is 20.2. The van der Waals surface area contributed by atoms with E-state index >= 15 is 0 Å². The van der Waals surface area contributed by atoms with Gasteiger partial charge in [-0.1, -0.05) is 12.1 Å². The van der Waals surface area contributed by atoms with E-state index in [0.29, 0.717) is 37.1 Å². The van der Waals surface area contributed by atoms with Crippen LogP contribution >= 0.6 is 0 Å². The summed E-state index contributed by atoms with van der Waals surface area (Å²) in [6.45, 7) is 6.40. The molecule has 0 N–H and O–H groups in total. The van der Waals surface area contributed by atoms with Crippen LogP contribution in [0, 0.1) is 0 Å². The maximum absolute atomic E-state index is 12.3. The van der Waals surface area contributed by atoms with Gasteiger partial charge in [0.25, 0.3) is 0 Å². The summed E-state index contributed by atoms with van der Waals surface area (Å²) in [5.74, 6) is -0.512. The summed E-state index contributed by atoms with van der Waals surface area (Å²) >= 11 is 0. The number of likely N-dealkylation sites (tertiary alicyclic amines) is 1. The molecule has 0 saturated carbocycles. The van der Waals surface area contributed by atoms with Crippen LogP contribution in [0.3, 0.4) is 0 Å². The summed E-state index contributed by atoms with van der Waals surface area (Å²) in [6.07, 6.45) is 1.66. The van der Waals surface area contributed by atoms with Gasteiger partial charge in [-0.3, -0.25) is 0 Å². The van der Waals surface area contributed by atoms with Gasteiger partial charge in [0.2, 0.25) is 0 Å². The first kappa shape index (κ1) is 21.2. The van der Waals surface area contributed by atoms with Crippen molar-refractivity contribution >= 4 is 21.9 Å². The molecule has 1 aliphatic rings. The molecule has 1 heterocycles. The van der Waals surface area contributed by atoms with Crippen LogP contribution in [0.1, 0.15) is 49.5 Å². The summed E-state index contributed by atoms with van der Waals surface area (Å²) in [4.78, 5) is 25.9. The Bertz CT molecular complexity index is 771. The second-order valence-electron chi connectivity index (χ2n) is 7.84. The van der Waals surface area contributed by atoms with Crippen molar-refractivity contribution in [3.8, 4) is 0 Å². The number of amides is 1. The average Bonchev–Trinajstić information content (AvgIpc) is 2.53. The van der Waals surface area contributed by atoms with E-state index in [1.54, 1.807) is 29.2 Å². The molecular formula is C19H27NO6S. The lowest BCUT2D eigenvalue weighted by atomic mass is 10.1. The number of hydrogen-bond acceptors (Lipinski definition) is 6. The van der Waals surface area contributed by atoms with Gasteiger partial charge < -0.3 is 14.4 Å². The summed E-state index contributed by atoms with van der Waals surface area (Å²) in [7, 11) is -3.12. The van der Waals surface area contributed by atoms with Crippen LogP contribution in [0.4, 0.5) is 4.79 Å². The lowest BCUT2D eigenvalue weighted by Gasteiger charge is -2.33. The number of carbonyl (C=O) groups is 2. The third-order valence-electron chi connectivity index (χ3n) is 3.99. The second-order valence-corrected chi connectivity index (χ2v) is 9.98. The van der Waals surface area contributed by atoms with Crippen molar-refractivity contribution in [1.82, 2.24) is 4.90 Å². The van der Waals surface area contributed by atoms with E-state index in [4.69, 9.17) is 9.47 Å². The van der Waals surface area contributed by atoms with Gasteiger partial charge in [-0.25, -0.2) is 18.0 Å². The summed E-state index contributed by atoms with van der Waals surface area (Å²) < 4.78 is 33.5. The molecule has 8 heteroatoms. The lowest BCUT2D eigenvalue weighted by molar-refractivity contribution is -0.00340. The Balaban J connectivity index is 1.84. The Morgan fingerprint density at radius 1 is 1.11 bits per heavy atom. The van der Waals surface area contributed by atoms with Crippen molar-refractivity contribution in [2.45, 2.75) is 51.1 Å². The average molecular weight is 397 g/mol. The van der Waals surface area contributed by atoms with Crippen LogP contribution < -0.4 is 0 Å². The summed E-state index contributed by atoms with van der Waals surface area (Å²) in [6, 6.07) is 6.36. The van der Waals surface area contributed by atoms with Crippen LogP contribution in [0.5, 0.6) is 0 Å². The van der Waals surface area contributed by atoms with Gasteiger partial charge in [-0.2, -0.15) is 0 Å². The number of ether oxygens (including phenoxy) is 2. The molecule has 1 amide bonds. The number of hydrogen-bond donors (Lipinski definition) is 0. The van der Waals surface area contributed by atoms with Crippen molar-refractivity contribution < 1.29 is 27.5 Å². The predicted molar refractivity (Wildman–Crippen MR) is 101 cm³/mol. The first-order chi connectivity index (χ1) is 12.4. The Morgan fingerprint density at radius 3 is 2.15 bits per heavy atom. The molecule has 7 nitrogen and oxygen atoms in total. The molecule has 0 bridgehead atoms. The molecule has 0 radical (unpaired) electrons. The van der Waals surface area contributed by atoms with Crippen molar-refractivity contribution in [2.24, 2.45) is 0 Å². The zero-order valence-electron chi connectivity index (χ0n) is 16.2. The molecule has 1 saturated heterocycles. The van der Waals surface area contributed by atoms with E-state index in [-0.39, 0.29) is 18.0 Å². The van der Waals surface area contributed by atoms with Crippen molar-refractivity contribution in [3.05, 3.63) is 35.4 Å². The smallest absolute Gasteiger partial charge is 0.410 e. The standard InChI is InChI=1S/C19H27NO6S/c1-19(2,3)26-18(22)20-11-9-16(10-12-20)25-17(21)15-7-5-14(6-8-15)13-27(4,23)24/h5-8,16H,9-13H2,1-4H3. The first-order valence-corrected chi connectivity index (χ1v) is 10.9. The number of benzene rings is 1. The van der Waals surface area contributed by atoms with Crippen molar-refractivity contribution in [3.63, 3.8) is 0 Å². The van der Waals surface area contributed by atoms with Crippen molar-refractivity contribution in [1.29, 1.82) is 0 Å². The molecule has 1 aromatic carbocycles. The lowest BCUT2D eigenvalue weighted by Crippen LogP contribution is -2.43. The topological polar surface area (TPSA) is 90.0 Å². The van der Waals surface area contributed by atoms with E-state index in [2.05, 4.69) is 0 Å². The third kappa shape index (κ3) is 7.21. The van der Waals surface area contributed by atoms with E-state index in [9.17, 15) is 18.0 Å². The Labute approximate surface area is 160 Å². The highest BCUT2D eigenvalue weighted by Crippen LogP contribution is 2.19. The molecule has 150 valence electrons. The normalized spacial score (nSPS) is 16.1. The number of rotatable bonds is 4. The minimum atomic E-state index is -3.12. The van der Waals surface area contributed by atoms with Gasteiger partial charge in [-0.05, 0) is 38.5 Å². The zero-order valence-corrected chi connectivity index (χ0v) is 17.0. The van der Waals surface area contributed by atoms with E-state index in [1.165, 1.54) is 6.26 Å². The monoisotopic (exact) mass is 397 g/mol. The summed E-state index contributed by atoms with van der Waals surface area (Å²) in [5.41, 5.74) is 0.463. The second kappa shape index (κ2) is 8.29. The van der Waals surface area contributed by atoms with Gasteiger partial charge in [0.15, 0.2) is 9.84 Å². The fourth-order valence-electron chi connectivity index (χ4n) is 2.74. The maximum Gasteiger partial charge on any atom is 0.410 e. The van der Waals surface area contributed by atoms with Gasteiger partial charge in [0.05, 0.1) is 11.3 Å². The van der Waals surface area contributed by atoms with E-state index in [0.717, 1.165) is 0 Å². The molecule has 0 spiro atoms. The number of esters is 1. The van der Waals surface area contributed by atoms with Crippen LogP contribution in [0.25, 0.3) is 0 Å². The van der Waals surface area contributed by atoms with Crippen LogP contribution in [-0.2, 0) is 25.1 Å². The fourth-order valence-corrected chi connectivity index (χ4v) is 3.54. The van der Waals surface area contributed by atoms with Crippen LogP contribution in [0.15, 0.2) is 24.3 Å². The quantitative estimate of drug-likeness (QED) is 0.726. The molecule has 27 heavy (non-hydrogen) atoms. The molecule has 2 rings (SSSR count). The molecule has 1 aliphatic heterocycles. The van der Waals surface area contributed by atoms with E-state index < -0.39 is 21.4 Å². The predicted octanol–water partition coefficient (Wildman–Crippen LogP) is 2.79. The molecule has 1 fully saturated rings. The third-order valence-corrected chi connectivity index (χ3v) is 4.84. The number of sulfone groups is 1. The highest BCUT2D eigenvalue weighted by atomic mass is 32.2. The maximum atomic E-state index is 12.3.